The van der Waals surface area contributed by atoms with Crippen molar-refractivity contribution in [1.29, 1.82) is 0 Å². The van der Waals surface area contributed by atoms with Crippen LogP contribution >= 0.6 is 11.8 Å². The minimum atomic E-state index is -0.372. The van der Waals surface area contributed by atoms with Crippen molar-refractivity contribution >= 4 is 40.4 Å². The van der Waals surface area contributed by atoms with Crippen molar-refractivity contribution in [2.45, 2.75) is 24.6 Å². The average Bonchev–Trinajstić information content (AvgIpc) is 3.52. The molecule has 0 radical (unpaired) electrons. The third kappa shape index (κ3) is 3.59. The second-order valence-electron chi connectivity index (χ2n) is 6.88. The molecule has 0 bridgehead atoms. The number of rotatable bonds is 6. The van der Waals surface area contributed by atoms with E-state index in [-0.39, 0.29) is 24.1 Å². The van der Waals surface area contributed by atoms with Gasteiger partial charge in [0.25, 0.3) is 5.91 Å². The van der Waals surface area contributed by atoms with Gasteiger partial charge in [0.2, 0.25) is 5.91 Å². The lowest BCUT2D eigenvalue weighted by Crippen LogP contribution is -2.28. The fourth-order valence-electron chi connectivity index (χ4n) is 3.37. The first-order valence-corrected chi connectivity index (χ1v) is 10.6. The Morgan fingerprint density at radius 2 is 2.07 bits per heavy atom. The molecule has 152 valence electrons. The van der Waals surface area contributed by atoms with E-state index in [1.165, 1.54) is 0 Å². The molecule has 0 aliphatic carbocycles. The van der Waals surface area contributed by atoms with Crippen LogP contribution in [0.25, 0.3) is 11.0 Å². The topological polar surface area (TPSA) is 102 Å². The van der Waals surface area contributed by atoms with Crippen LogP contribution in [0, 0.1) is 0 Å². The van der Waals surface area contributed by atoms with Crippen molar-refractivity contribution in [3.05, 3.63) is 71.5 Å². The standard InChI is InChI=1S/C21H18N4O4S/c26-19(22-9-14-5-3-7-28-14)10-25-20(15-11-30-12-16(15)24-25)23-21(27)18-8-13-4-1-2-6-17(13)29-18/h1-8H,9-12H2,(H,22,26)(H,23,27). The number of nitrogens with one attached hydrogen (secondary N) is 2. The molecule has 4 heterocycles. The maximum absolute atomic E-state index is 12.8. The van der Waals surface area contributed by atoms with E-state index in [2.05, 4.69) is 15.7 Å². The summed E-state index contributed by atoms with van der Waals surface area (Å²) in [5.41, 5.74) is 2.48. The zero-order valence-electron chi connectivity index (χ0n) is 15.9. The minimum Gasteiger partial charge on any atom is -0.467 e. The summed E-state index contributed by atoms with van der Waals surface area (Å²) in [6.07, 6.45) is 1.56. The summed E-state index contributed by atoms with van der Waals surface area (Å²) >= 11 is 1.72. The molecule has 2 amide bonds. The average molecular weight is 422 g/mol. The number of hydrogen-bond acceptors (Lipinski definition) is 6. The lowest BCUT2D eigenvalue weighted by atomic mass is 10.2. The number of carbonyl (C=O) groups excluding carboxylic acids is 2. The molecule has 8 nitrogen and oxygen atoms in total. The van der Waals surface area contributed by atoms with E-state index >= 15 is 0 Å². The normalized spacial score (nSPS) is 12.8. The van der Waals surface area contributed by atoms with Gasteiger partial charge in [-0.1, -0.05) is 18.2 Å². The summed E-state index contributed by atoms with van der Waals surface area (Å²) < 4.78 is 12.4. The second kappa shape index (κ2) is 7.75. The SMILES string of the molecule is O=C(Cn1nc2c(c1NC(=O)c1cc3ccccc3o1)CSC2)NCc1ccco1. The van der Waals surface area contributed by atoms with Crippen molar-refractivity contribution in [3.63, 3.8) is 0 Å². The quantitative estimate of drug-likeness (QED) is 0.493. The van der Waals surface area contributed by atoms with Crippen molar-refractivity contribution in [2.24, 2.45) is 0 Å². The van der Waals surface area contributed by atoms with Crippen LogP contribution in [0.15, 0.2) is 57.6 Å². The fourth-order valence-corrected chi connectivity index (χ4v) is 4.41. The number of furan rings is 2. The van der Waals surface area contributed by atoms with Gasteiger partial charge in [0.1, 0.15) is 23.7 Å². The summed E-state index contributed by atoms with van der Waals surface area (Å²) in [7, 11) is 0. The Kier molecular flexibility index (Phi) is 4.80. The molecule has 0 atom stereocenters. The van der Waals surface area contributed by atoms with Crippen molar-refractivity contribution in [2.75, 3.05) is 5.32 Å². The Hall–Kier alpha value is -3.46. The van der Waals surface area contributed by atoms with E-state index in [0.717, 1.165) is 28.1 Å². The van der Waals surface area contributed by atoms with Crippen LogP contribution in [0.4, 0.5) is 5.82 Å². The monoisotopic (exact) mass is 422 g/mol. The summed E-state index contributed by atoms with van der Waals surface area (Å²) in [6, 6.07) is 12.7. The highest BCUT2D eigenvalue weighted by atomic mass is 32.2. The number of aromatic nitrogens is 2. The molecular weight excluding hydrogens is 404 g/mol. The van der Waals surface area contributed by atoms with Crippen LogP contribution in [0.2, 0.25) is 0 Å². The number of anilines is 1. The van der Waals surface area contributed by atoms with E-state index in [1.807, 2.05) is 24.3 Å². The molecule has 1 aliphatic rings. The zero-order valence-corrected chi connectivity index (χ0v) is 16.7. The van der Waals surface area contributed by atoms with Gasteiger partial charge in [-0.3, -0.25) is 9.59 Å². The predicted octanol–water partition coefficient (Wildman–Crippen LogP) is 3.54. The highest BCUT2D eigenvalue weighted by Crippen LogP contribution is 2.35. The molecule has 0 spiro atoms. The van der Waals surface area contributed by atoms with Gasteiger partial charge in [0.05, 0.1) is 18.5 Å². The highest BCUT2D eigenvalue weighted by molar-refractivity contribution is 7.98. The lowest BCUT2D eigenvalue weighted by Gasteiger charge is -2.10. The molecule has 1 aromatic carbocycles. The first kappa shape index (κ1) is 18.6. The van der Waals surface area contributed by atoms with Gasteiger partial charge >= 0.3 is 0 Å². The predicted molar refractivity (Wildman–Crippen MR) is 112 cm³/mol. The smallest absolute Gasteiger partial charge is 0.292 e. The zero-order chi connectivity index (χ0) is 20.5. The van der Waals surface area contributed by atoms with E-state index in [9.17, 15) is 9.59 Å². The Bertz CT molecular complexity index is 1190. The third-order valence-corrected chi connectivity index (χ3v) is 5.80. The van der Waals surface area contributed by atoms with Gasteiger partial charge in [-0.2, -0.15) is 16.9 Å². The van der Waals surface area contributed by atoms with Crippen molar-refractivity contribution in [3.8, 4) is 0 Å². The summed E-state index contributed by atoms with van der Waals surface area (Å²) in [4.78, 5) is 25.2. The first-order valence-electron chi connectivity index (χ1n) is 9.42. The van der Waals surface area contributed by atoms with Crippen molar-refractivity contribution in [1.82, 2.24) is 15.1 Å². The fraction of sp³-hybridized carbons (Fsp3) is 0.190. The van der Waals surface area contributed by atoms with Crippen LogP contribution in [0.5, 0.6) is 0 Å². The number of fused-ring (bicyclic) bond motifs is 2. The Labute approximate surface area is 175 Å². The second-order valence-corrected chi connectivity index (χ2v) is 7.87. The van der Waals surface area contributed by atoms with Gasteiger partial charge in [0.15, 0.2) is 5.76 Å². The summed E-state index contributed by atoms with van der Waals surface area (Å²) in [6.45, 7) is 0.289. The molecule has 0 unspecified atom stereocenters. The highest BCUT2D eigenvalue weighted by Gasteiger charge is 2.26. The van der Waals surface area contributed by atoms with E-state index in [4.69, 9.17) is 8.83 Å². The lowest BCUT2D eigenvalue weighted by molar-refractivity contribution is -0.122. The number of carbonyl (C=O) groups is 2. The van der Waals surface area contributed by atoms with Gasteiger partial charge in [-0.05, 0) is 24.3 Å². The molecule has 0 saturated carbocycles. The van der Waals surface area contributed by atoms with Crippen molar-refractivity contribution < 1.29 is 18.4 Å². The minimum absolute atomic E-state index is 0.00583. The molecular formula is C21H18N4O4S. The molecule has 0 saturated heterocycles. The number of hydrogen-bond donors (Lipinski definition) is 2. The summed E-state index contributed by atoms with van der Waals surface area (Å²) in [5.74, 6) is 2.31. The Morgan fingerprint density at radius 1 is 1.17 bits per heavy atom. The van der Waals surface area contributed by atoms with Gasteiger partial charge < -0.3 is 19.5 Å². The number of thioether (sulfide) groups is 1. The molecule has 3 aromatic heterocycles. The number of benzene rings is 1. The maximum Gasteiger partial charge on any atom is 0.292 e. The van der Waals surface area contributed by atoms with E-state index in [0.29, 0.717) is 23.7 Å². The van der Waals surface area contributed by atoms with Crippen LogP contribution in [0.3, 0.4) is 0 Å². The van der Waals surface area contributed by atoms with Crippen LogP contribution in [-0.2, 0) is 29.4 Å². The van der Waals surface area contributed by atoms with Crippen LogP contribution < -0.4 is 10.6 Å². The maximum atomic E-state index is 12.8. The Morgan fingerprint density at radius 3 is 2.90 bits per heavy atom. The number of nitrogens with zero attached hydrogens (tertiary/aromatic N) is 2. The van der Waals surface area contributed by atoms with Gasteiger partial charge in [-0.25, -0.2) is 4.68 Å². The van der Waals surface area contributed by atoms with Crippen LogP contribution in [0.1, 0.15) is 27.6 Å². The van der Waals surface area contributed by atoms with E-state index in [1.54, 1.807) is 40.9 Å². The Balaban J connectivity index is 1.35. The molecule has 5 rings (SSSR count). The molecule has 0 fully saturated rings. The van der Waals surface area contributed by atoms with Crippen LogP contribution in [-0.4, -0.2) is 21.6 Å². The third-order valence-electron chi connectivity index (χ3n) is 4.83. The van der Waals surface area contributed by atoms with E-state index < -0.39 is 0 Å². The summed E-state index contributed by atoms with van der Waals surface area (Å²) in [5, 5.41) is 11.1. The first-order chi connectivity index (χ1) is 14.7. The molecule has 4 aromatic rings. The number of para-hydroxylation sites is 1. The largest absolute Gasteiger partial charge is 0.467 e. The van der Waals surface area contributed by atoms with Gasteiger partial charge in [-0.15, -0.1) is 0 Å². The molecule has 1 aliphatic heterocycles. The molecule has 30 heavy (non-hydrogen) atoms. The molecule has 9 heteroatoms. The van der Waals surface area contributed by atoms with Gasteiger partial charge in [0, 0.05) is 22.5 Å². The number of amides is 2. The molecule has 2 N–H and O–H groups in total.